The number of aromatic amines is 1. The third kappa shape index (κ3) is 3.21. The molecule has 0 aliphatic heterocycles. The summed E-state index contributed by atoms with van der Waals surface area (Å²) in [6.07, 6.45) is 6.89. The highest BCUT2D eigenvalue weighted by atomic mass is 16.5. The molecule has 4 nitrogen and oxygen atoms in total. The molecule has 0 saturated heterocycles. The van der Waals surface area contributed by atoms with Gasteiger partial charge in [0.05, 0.1) is 17.8 Å². The molecular formula is C17H25N3O. The Bertz CT molecular complexity index is 597. The van der Waals surface area contributed by atoms with Crippen LogP contribution in [0.15, 0.2) is 18.3 Å². The zero-order valence-corrected chi connectivity index (χ0v) is 13.1. The van der Waals surface area contributed by atoms with Crippen molar-refractivity contribution < 1.29 is 4.74 Å². The number of aryl methyl sites for hydroxylation is 1. The number of ether oxygens (including phenoxy) is 1. The summed E-state index contributed by atoms with van der Waals surface area (Å²) in [5, 5.41) is 11.9. The molecular weight excluding hydrogens is 262 g/mol. The van der Waals surface area contributed by atoms with E-state index in [4.69, 9.17) is 4.74 Å². The molecule has 0 spiro atoms. The van der Waals surface area contributed by atoms with Crippen LogP contribution in [0.1, 0.15) is 45.1 Å². The third-order valence-corrected chi connectivity index (χ3v) is 4.38. The molecule has 3 rings (SSSR count). The lowest BCUT2D eigenvalue weighted by Crippen LogP contribution is -2.39. The Kier molecular flexibility index (Phi) is 4.15. The van der Waals surface area contributed by atoms with Gasteiger partial charge in [0.25, 0.3) is 0 Å². The van der Waals surface area contributed by atoms with E-state index in [-0.39, 0.29) is 0 Å². The number of hydrogen-bond donors (Lipinski definition) is 2. The molecule has 21 heavy (non-hydrogen) atoms. The quantitative estimate of drug-likeness (QED) is 0.904. The van der Waals surface area contributed by atoms with Gasteiger partial charge in [0.15, 0.2) is 0 Å². The Morgan fingerprint density at radius 2 is 2.00 bits per heavy atom. The van der Waals surface area contributed by atoms with Gasteiger partial charge in [-0.05, 0) is 44.7 Å². The Morgan fingerprint density at radius 3 is 2.71 bits per heavy atom. The van der Waals surface area contributed by atoms with Gasteiger partial charge in [-0.3, -0.25) is 5.10 Å². The Hall–Kier alpha value is -1.55. The molecule has 1 saturated carbocycles. The number of H-pyrrole nitrogens is 1. The van der Waals surface area contributed by atoms with E-state index in [0.717, 1.165) is 29.5 Å². The lowest BCUT2D eigenvalue weighted by molar-refractivity contribution is 0.137. The topological polar surface area (TPSA) is 49.9 Å². The molecule has 1 aromatic carbocycles. The van der Waals surface area contributed by atoms with Gasteiger partial charge in [-0.25, -0.2) is 0 Å². The predicted molar refractivity (Wildman–Crippen MR) is 85.8 cm³/mol. The number of aromatic nitrogens is 2. The van der Waals surface area contributed by atoms with Gasteiger partial charge in [0, 0.05) is 23.0 Å². The van der Waals surface area contributed by atoms with Crippen LogP contribution in [0, 0.1) is 6.92 Å². The van der Waals surface area contributed by atoms with Gasteiger partial charge in [-0.2, -0.15) is 5.10 Å². The fourth-order valence-corrected chi connectivity index (χ4v) is 3.26. The smallest absolute Gasteiger partial charge is 0.123 e. The van der Waals surface area contributed by atoms with Gasteiger partial charge in [0.1, 0.15) is 5.75 Å². The average molecular weight is 287 g/mol. The second kappa shape index (κ2) is 6.06. The highest BCUT2D eigenvalue weighted by molar-refractivity contribution is 5.83. The first kappa shape index (κ1) is 14.4. The second-order valence-corrected chi connectivity index (χ2v) is 6.43. The maximum Gasteiger partial charge on any atom is 0.123 e. The molecule has 0 radical (unpaired) electrons. The van der Waals surface area contributed by atoms with Crippen LogP contribution in [0.5, 0.6) is 5.75 Å². The number of nitrogens with one attached hydrogen (secondary N) is 2. The Morgan fingerprint density at radius 1 is 1.24 bits per heavy atom. The van der Waals surface area contributed by atoms with E-state index in [2.05, 4.69) is 48.4 Å². The van der Waals surface area contributed by atoms with Crippen LogP contribution >= 0.6 is 0 Å². The van der Waals surface area contributed by atoms with Crippen molar-refractivity contribution in [1.29, 1.82) is 0 Å². The molecule has 2 aromatic rings. The largest absolute Gasteiger partial charge is 0.490 e. The standard InChI is InChI=1S/C17H25N3O/c1-11(2)19-13-4-6-14(7-5-13)21-17-9-8-16-15(12(17)3)10-18-20-16/h8-11,13-14,19H,4-7H2,1-3H3,(H,18,20)/t13-,14-. The molecule has 0 bridgehead atoms. The van der Waals surface area contributed by atoms with Crippen molar-refractivity contribution >= 4 is 10.9 Å². The predicted octanol–water partition coefficient (Wildman–Crippen LogP) is 3.56. The van der Waals surface area contributed by atoms with E-state index in [9.17, 15) is 0 Å². The van der Waals surface area contributed by atoms with Gasteiger partial charge in [-0.1, -0.05) is 13.8 Å². The maximum absolute atomic E-state index is 6.25. The van der Waals surface area contributed by atoms with Crippen LogP contribution in [0.4, 0.5) is 0 Å². The molecule has 1 aliphatic rings. The second-order valence-electron chi connectivity index (χ2n) is 6.43. The van der Waals surface area contributed by atoms with Crippen LogP contribution in [-0.2, 0) is 0 Å². The summed E-state index contributed by atoms with van der Waals surface area (Å²) in [5.41, 5.74) is 2.26. The van der Waals surface area contributed by atoms with E-state index in [0.29, 0.717) is 18.2 Å². The monoisotopic (exact) mass is 287 g/mol. The summed E-state index contributed by atoms with van der Waals surface area (Å²) in [5.74, 6) is 1.00. The van der Waals surface area contributed by atoms with Gasteiger partial charge < -0.3 is 10.1 Å². The van der Waals surface area contributed by atoms with E-state index >= 15 is 0 Å². The highest BCUT2D eigenvalue weighted by Crippen LogP contribution is 2.30. The summed E-state index contributed by atoms with van der Waals surface area (Å²) in [6.45, 7) is 6.54. The number of hydrogen-bond acceptors (Lipinski definition) is 3. The maximum atomic E-state index is 6.25. The van der Waals surface area contributed by atoms with Crippen molar-refractivity contribution in [2.24, 2.45) is 0 Å². The molecule has 0 amide bonds. The summed E-state index contributed by atoms with van der Waals surface area (Å²) in [6, 6.07) is 5.34. The lowest BCUT2D eigenvalue weighted by Gasteiger charge is -2.31. The first-order chi connectivity index (χ1) is 10.1. The Balaban J connectivity index is 1.63. The molecule has 4 heteroatoms. The fraction of sp³-hybridized carbons (Fsp3) is 0.588. The van der Waals surface area contributed by atoms with E-state index in [1.807, 2.05) is 6.20 Å². The first-order valence-corrected chi connectivity index (χ1v) is 7.99. The number of benzene rings is 1. The van der Waals surface area contributed by atoms with Crippen molar-refractivity contribution in [3.05, 3.63) is 23.9 Å². The van der Waals surface area contributed by atoms with Crippen LogP contribution in [0.2, 0.25) is 0 Å². The third-order valence-electron chi connectivity index (χ3n) is 4.38. The van der Waals surface area contributed by atoms with Crippen LogP contribution in [0.25, 0.3) is 10.9 Å². The molecule has 1 aromatic heterocycles. The minimum Gasteiger partial charge on any atom is -0.490 e. The van der Waals surface area contributed by atoms with Crippen LogP contribution < -0.4 is 10.1 Å². The minimum atomic E-state index is 0.346. The van der Waals surface area contributed by atoms with Crippen molar-refractivity contribution in [2.75, 3.05) is 0 Å². The molecule has 0 unspecified atom stereocenters. The fourth-order valence-electron chi connectivity index (χ4n) is 3.26. The van der Waals surface area contributed by atoms with Gasteiger partial charge in [-0.15, -0.1) is 0 Å². The normalized spacial score (nSPS) is 22.9. The first-order valence-electron chi connectivity index (χ1n) is 7.99. The SMILES string of the molecule is Cc1c(O[C@H]2CC[C@H](NC(C)C)CC2)ccc2[nH]ncc12. The average Bonchev–Trinajstić information content (AvgIpc) is 2.93. The molecule has 0 atom stereocenters. The van der Waals surface area contributed by atoms with E-state index in [1.54, 1.807) is 0 Å². The molecule has 114 valence electrons. The van der Waals surface area contributed by atoms with Gasteiger partial charge in [0.2, 0.25) is 0 Å². The number of fused-ring (bicyclic) bond motifs is 1. The zero-order valence-electron chi connectivity index (χ0n) is 13.1. The van der Waals surface area contributed by atoms with Crippen molar-refractivity contribution in [1.82, 2.24) is 15.5 Å². The lowest BCUT2D eigenvalue weighted by atomic mass is 9.92. The van der Waals surface area contributed by atoms with Crippen molar-refractivity contribution in [3.63, 3.8) is 0 Å². The van der Waals surface area contributed by atoms with E-state index < -0.39 is 0 Å². The molecule has 2 N–H and O–H groups in total. The molecule has 1 heterocycles. The van der Waals surface area contributed by atoms with E-state index in [1.165, 1.54) is 18.4 Å². The van der Waals surface area contributed by atoms with Crippen molar-refractivity contribution in [3.8, 4) is 5.75 Å². The number of nitrogens with zero attached hydrogens (tertiary/aromatic N) is 1. The van der Waals surface area contributed by atoms with Crippen molar-refractivity contribution in [2.45, 2.75) is 64.6 Å². The summed E-state index contributed by atoms with van der Waals surface area (Å²) in [7, 11) is 0. The number of rotatable bonds is 4. The molecule has 1 aliphatic carbocycles. The molecule has 1 fully saturated rings. The van der Waals surface area contributed by atoms with Crippen LogP contribution in [-0.4, -0.2) is 28.4 Å². The van der Waals surface area contributed by atoms with Gasteiger partial charge >= 0.3 is 0 Å². The summed E-state index contributed by atoms with van der Waals surface area (Å²) < 4.78 is 6.25. The Labute approximate surface area is 126 Å². The summed E-state index contributed by atoms with van der Waals surface area (Å²) >= 11 is 0. The van der Waals surface area contributed by atoms with Crippen LogP contribution in [0.3, 0.4) is 0 Å². The zero-order chi connectivity index (χ0) is 14.8. The minimum absolute atomic E-state index is 0.346. The summed E-state index contributed by atoms with van der Waals surface area (Å²) in [4.78, 5) is 0. The highest BCUT2D eigenvalue weighted by Gasteiger charge is 2.23.